The highest BCUT2D eigenvalue weighted by Gasteiger charge is 2.34. The van der Waals surface area contributed by atoms with Crippen LogP contribution in [0.2, 0.25) is 0 Å². The number of rotatable bonds is 9. The standard InChI is InChI=1S/C23H28N2O3S/c1-3-4-5-6-10-21(26)24-18-9-7-8-17(15-18)23-25(22(27)16-29-23)19-11-13-20(28-2)14-12-19/h7-9,11-15,23H,3-6,10,16H2,1-2H3,(H,24,26)/t23-/m1/s1. The van der Waals surface area contributed by atoms with Gasteiger partial charge in [0.1, 0.15) is 11.1 Å². The van der Waals surface area contributed by atoms with Gasteiger partial charge in [-0.05, 0) is 48.4 Å². The molecule has 3 rings (SSSR count). The molecule has 0 radical (unpaired) electrons. The molecule has 1 atom stereocenters. The van der Waals surface area contributed by atoms with E-state index in [1.807, 2.05) is 53.4 Å². The zero-order valence-electron chi connectivity index (χ0n) is 17.0. The zero-order chi connectivity index (χ0) is 20.6. The third kappa shape index (κ3) is 5.54. The Morgan fingerprint density at radius 1 is 1.17 bits per heavy atom. The summed E-state index contributed by atoms with van der Waals surface area (Å²) < 4.78 is 5.22. The van der Waals surface area contributed by atoms with Crippen LogP contribution < -0.4 is 15.0 Å². The van der Waals surface area contributed by atoms with Crippen LogP contribution in [0.5, 0.6) is 5.75 Å². The Kier molecular flexibility index (Phi) is 7.58. The third-order valence-corrected chi connectivity index (χ3v) is 6.14. The molecule has 0 unspecified atom stereocenters. The Morgan fingerprint density at radius 2 is 1.97 bits per heavy atom. The molecule has 1 fully saturated rings. The Labute approximate surface area is 176 Å². The number of hydrogen-bond donors (Lipinski definition) is 1. The fourth-order valence-corrected chi connectivity index (χ4v) is 4.57. The number of carbonyl (C=O) groups is 2. The van der Waals surface area contributed by atoms with E-state index in [4.69, 9.17) is 4.74 Å². The van der Waals surface area contributed by atoms with Gasteiger partial charge in [0.15, 0.2) is 0 Å². The lowest BCUT2D eigenvalue weighted by Gasteiger charge is -2.25. The maximum Gasteiger partial charge on any atom is 0.238 e. The molecule has 1 heterocycles. The van der Waals surface area contributed by atoms with E-state index in [2.05, 4.69) is 12.2 Å². The Bertz CT molecular complexity index is 838. The number of ether oxygens (including phenoxy) is 1. The molecule has 0 bridgehead atoms. The lowest BCUT2D eigenvalue weighted by atomic mass is 10.1. The first-order valence-electron chi connectivity index (χ1n) is 10.1. The molecule has 2 aromatic rings. The van der Waals surface area contributed by atoms with Gasteiger partial charge < -0.3 is 10.1 Å². The van der Waals surface area contributed by atoms with E-state index in [0.29, 0.717) is 12.2 Å². The van der Waals surface area contributed by atoms with Crippen LogP contribution in [0.3, 0.4) is 0 Å². The van der Waals surface area contributed by atoms with Crippen molar-refractivity contribution in [2.45, 2.75) is 44.4 Å². The maximum absolute atomic E-state index is 12.6. The van der Waals surface area contributed by atoms with Gasteiger partial charge in [-0.1, -0.05) is 38.3 Å². The average molecular weight is 413 g/mol. The van der Waals surface area contributed by atoms with E-state index in [1.54, 1.807) is 18.9 Å². The van der Waals surface area contributed by atoms with Gasteiger partial charge in [0.05, 0.1) is 12.9 Å². The van der Waals surface area contributed by atoms with Gasteiger partial charge in [-0.25, -0.2) is 0 Å². The van der Waals surface area contributed by atoms with Gasteiger partial charge in [0.25, 0.3) is 0 Å². The van der Waals surface area contributed by atoms with E-state index >= 15 is 0 Å². The summed E-state index contributed by atoms with van der Waals surface area (Å²) in [7, 11) is 1.62. The topological polar surface area (TPSA) is 58.6 Å². The average Bonchev–Trinajstić information content (AvgIpc) is 3.13. The third-order valence-electron chi connectivity index (χ3n) is 4.93. The molecule has 2 aromatic carbocycles. The van der Waals surface area contributed by atoms with Crippen LogP contribution in [0.25, 0.3) is 0 Å². The Hall–Kier alpha value is -2.47. The second-order valence-corrected chi connectivity index (χ2v) is 8.18. The van der Waals surface area contributed by atoms with E-state index < -0.39 is 0 Å². The van der Waals surface area contributed by atoms with Crippen LogP contribution in [-0.4, -0.2) is 24.7 Å². The van der Waals surface area contributed by atoms with Crippen LogP contribution in [0.15, 0.2) is 48.5 Å². The second-order valence-electron chi connectivity index (χ2n) is 7.11. The normalized spacial score (nSPS) is 16.1. The molecule has 1 aliphatic rings. The number of thioether (sulfide) groups is 1. The van der Waals surface area contributed by atoms with Crippen molar-refractivity contribution >= 4 is 35.0 Å². The van der Waals surface area contributed by atoms with Crippen molar-refractivity contribution in [1.82, 2.24) is 0 Å². The minimum Gasteiger partial charge on any atom is -0.497 e. The summed E-state index contributed by atoms with van der Waals surface area (Å²) in [6.07, 6.45) is 4.86. The van der Waals surface area contributed by atoms with E-state index in [1.165, 1.54) is 0 Å². The summed E-state index contributed by atoms with van der Waals surface area (Å²) in [5, 5.41) is 2.88. The second kappa shape index (κ2) is 10.3. The summed E-state index contributed by atoms with van der Waals surface area (Å²) in [5.41, 5.74) is 2.62. The molecule has 154 valence electrons. The molecular formula is C23H28N2O3S. The van der Waals surface area contributed by atoms with Crippen molar-refractivity contribution in [2.24, 2.45) is 0 Å². The van der Waals surface area contributed by atoms with Gasteiger partial charge >= 0.3 is 0 Å². The first-order chi connectivity index (χ1) is 14.1. The van der Waals surface area contributed by atoms with Crippen molar-refractivity contribution in [1.29, 1.82) is 0 Å². The smallest absolute Gasteiger partial charge is 0.238 e. The monoisotopic (exact) mass is 412 g/mol. The first-order valence-corrected chi connectivity index (χ1v) is 11.1. The molecule has 6 heteroatoms. The zero-order valence-corrected chi connectivity index (χ0v) is 17.8. The molecule has 0 spiro atoms. The maximum atomic E-state index is 12.6. The summed E-state index contributed by atoms with van der Waals surface area (Å²) in [5.74, 6) is 1.31. The predicted octanol–water partition coefficient (Wildman–Crippen LogP) is 5.38. The molecule has 1 N–H and O–H groups in total. The molecule has 5 nitrogen and oxygen atoms in total. The lowest BCUT2D eigenvalue weighted by molar-refractivity contribution is -0.117. The van der Waals surface area contributed by atoms with Gasteiger partial charge in [-0.3, -0.25) is 14.5 Å². The van der Waals surface area contributed by atoms with Crippen LogP contribution in [0, 0.1) is 0 Å². The fraction of sp³-hybridized carbons (Fsp3) is 0.391. The summed E-state index contributed by atoms with van der Waals surface area (Å²) >= 11 is 1.60. The number of anilines is 2. The van der Waals surface area contributed by atoms with Gasteiger partial charge in [-0.15, -0.1) is 11.8 Å². The SMILES string of the molecule is CCCCCCC(=O)Nc1cccc([C@H]2SCC(=O)N2c2ccc(OC)cc2)c1. The fourth-order valence-electron chi connectivity index (χ4n) is 3.40. The van der Waals surface area contributed by atoms with Crippen LogP contribution in [-0.2, 0) is 9.59 Å². The minimum absolute atomic E-state index is 0.0421. The molecule has 1 aliphatic heterocycles. The van der Waals surface area contributed by atoms with Crippen molar-refractivity contribution < 1.29 is 14.3 Å². The number of nitrogens with zero attached hydrogens (tertiary/aromatic N) is 1. The van der Waals surface area contributed by atoms with Crippen LogP contribution in [0.1, 0.15) is 50.0 Å². The van der Waals surface area contributed by atoms with E-state index in [9.17, 15) is 9.59 Å². The largest absolute Gasteiger partial charge is 0.497 e. The van der Waals surface area contributed by atoms with E-state index in [0.717, 1.165) is 48.4 Å². The number of amides is 2. The van der Waals surface area contributed by atoms with Gasteiger partial charge in [0.2, 0.25) is 11.8 Å². The molecule has 1 saturated heterocycles. The van der Waals surface area contributed by atoms with Crippen LogP contribution in [0.4, 0.5) is 11.4 Å². The Balaban J connectivity index is 1.71. The summed E-state index contributed by atoms with van der Waals surface area (Å²) in [4.78, 5) is 26.6. The quantitative estimate of drug-likeness (QED) is 0.562. The predicted molar refractivity (Wildman–Crippen MR) is 120 cm³/mol. The number of nitrogens with one attached hydrogen (secondary N) is 1. The molecule has 29 heavy (non-hydrogen) atoms. The lowest BCUT2D eigenvalue weighted by Crippen LogP contribution is -2.27. The minimum atomic E-state index is -0.114. The molecule has 0 aromatic heterocycles. The van der Waals surface area contributed by atoms with Crippen molar-refractivity contribution in [3.63, 3.8) is 0 Å². The van der Waals surface area contributed by atoms with Gasteiger partial charge in [-0.2, -0.15) is 0 Å². The van der Waals surface area contributed by atoms with Crippen molar-refractivity contribution in [3.05, 3.63) is 54.1 Å². The molecule has 0 aliphatic carbocycles. The first kappa shape index (κ1) is 21.2. The van der Waals surface area contributed by atoms with Gasteiger partial charge in [0, 0.05) is 17.8 Å². The summed E-state index contributed by atoms with van der Waals surface area (Å²) in [6, 6.07) is 15.3. The van der Waals surface area contributed by atoms with Crippen molar-refractivity contribution in [3.8, 4) is 5.75 Å². The van der Waals surface area contributed by atoms with Crippen molar-refractivity contribution in [2.75, 3.05) is 23.1 Å². The summed E-state index contributed by atoms with van der Waals surface area (Å²) in [6.45, 7) is 2.16. The Morgan fingerprint density at radius 3 is 2.69 bits per heavy atom. The highest BCUT2D eigenvalue weighted by atomic mass is 32.2. The number of benzene rings is 2. The number of methoxy groups -OCH3 is 1. The van der Waals surface area contributed by atoms with E-state index in [-0.39, 0.29) is 17.2 Å². The molecule has 2 amide bonds. The molecular weight excluding hydrogens is 384 g/mol. The highest BCUT2D eigenvalue weighted by Crippen LogP contribution is 2.42. The number of hydrogen-bond acceptors (Lipinski definition) is 4. The molecule has 0 saturated carbocycles. The van der Waals surface area contributed by atoms with Crippen LogP contribution >= 0.6 is 11.8 Å². The highest BCUT2D eigenvalue weighted by molar-refractivity contribution is 8.00. The number of unbranched alkanes of at least 4 members (excludes halogenated alkanes) is 3. The number of carbonyl (C=O) groups excluding carboxylic acids is 2.